The van der Waals surface area contributed by atoms with Gasteiger partial charge in [-0.3, -0.25) is 9.69 Å². The number of amides is 2. The first-order valence-corrected chi connectivity index (χ1v) is 9.90. The molecule has 2 N–H and O–H groups in total. The van der Waals surface area contributed by atoms with Crippen molar-refractivity contribution in [2.24, 2.45) is 4.99 Å². The highest BCUT2D eigenvalue weighted by Gasteiger charge is 2.23. The molecule has 0 spiro atoms. The minimum Gasteiger partial charge on any atom is -0.447 e. The van der Waals surface area contributed by atoms with Crippen LogP contribution in [-0.4, -0.2) is 75.9 Å². The molecule has 1 atom stereocenters. The van der Waals surface area contributed by atoms with E-state index in [9.17, 15) is 9.59 Å². The van der Waals surface area contributed by atoms with Gasteiger partial charge in [-0.05, 0) is 30.5 Å². The number of nitrogens with one attached hydrogen (secondary N) is 2. The Kier molecular flexibility index (Phi) is 9.63. The fraction of sp³-hybridized carbons (Fsp3) is 0.550. The lowest BCUT2D eigenvalue weighted by Crippen LogP contribution is -2.45. The van der Waals surface area contributed by atoms with Crippen molar-refractivity contribution in [3.63, 3.8) is 0 Å². The molecule has 30 heavy (non-hydrogen) atoms. The van der Waals surface area contributed by atoms with E-state index in [0.29, 0.717) is 32.2 Å². The van der Waals surface area contributed by atoms with Crippen LogP contribution in [-0.2, 0) is 20.8 Å². The molecule has 2 amide bonds. The van der Waals surface area contributed by atoms with Gasteiger partial charge in [0.05, 0.1) is 25.7 Å². The highest BCUT2D eigenvalue weighted by molar-refractivity contribution is 14.0. The maximum atomic E-state index is 11.9. The average molecular weight is 531 g/mol. The number of rotatable bonds is 7. The summed E-state index contributed by atoms with van der Waals surface area (Å²) < 4.78 is 10.6. The molecule has 0 radical (unpaired) electrons. The van der Waals surface area contributed by atoms with E-state index < -0.39 is 0 Å². The summed E-state index contributed by atoms with van der Waals surface area (Å²) in [5, 5.41) is 6.34. The van der Waals surface area contributed by atoms with Crippen LogP contribution < -0.4 is 15.5 Å². The number of hydrogen-bond donors (Lipinski definition) is 2. The molecule has 0 aromatic heterocycles. The van der Waals surface area contributed by atoms with Gasteiger partial charge in [0.25, 0.3) is 0 Å². The third kappa shape index (κ3) is 7.01. The zero-order chi connectivity index (χ0) is 20.6. The lowest BCUT2D eigenvalue weighted by molar-refractivity contribution is -0.127. The Morgan fingerprint density at radius 3 is 2.60 bits per heavy atom. The van der Waals surface area contributed by atoms with Gasteiger partial charge in [-0.15, -0.1) is 24.0 Å². The maximum absolute atomic E-state index is 11.9. The highest BCUT2D eigenvalue weighted by Crippen LogP contribution is 2.19. The summed E-state index contributed by atoms with van der Waals surface area (Å²) in [6, 6.07) is 7.65. The Labute approximate surface area is 194 Å². The fourth-order valence-electron chi connectivity index (χ4n) is 3.09. The van der Waals surface area contributed by atoms with E-state index in [-0.39, 0.29) is 48.6 Å². The second-order valence-corrected chi connectivity index (χ2v) is 7.25. The molecule has 2 aliphatic heterocycles. The second-order valence-electron chi connectivity index (χ2n) is 7.25. The number of hydrogen-bond acceptors (Lipinski definition) is 5. The molecular formula is C20H30IN5O4. The van der Waals surface area contributed by atoms with Crippen LogP contribution in [0, 0.1) is 0 Å². The number of benzene rings is 1. The van der Waals surface area contributed by atoms with Crippen LogP contribution in [0.4, 0.5) is 10.5 Å². The smallest absolute Gasteiger partial charge is 0.414 e. The predicted molar refractivity (Wildman–Crippen MR) is 125 cm³/mol. The summed E-state index contributed by atoms with van der Waals surface area (Å²) in [6.07, 6.45) is 1.96. The van der Waals surface area contributed by atoms with E-state index in [2.05, 4.69) is 15.6 Å². The number of ether oxygens (including phenoxy) is 2. The maximum Gasteiger partial charge on any atom is 0.414 e. The molecule has 10 heteroatoms. The van der Waals surface area contributed by atoms with Crippen LogP contribution in [0.15, 0.2) is 29.3 Å². The van der Waals surface area contributed by atoms with Crippen molar-refractivity contribution in [3.8, 4) is 0 Å². The van der Waals surface area contributed by atoms with Crippen LogP contribution in [0.5, 0.6) is 0 Å². The van der Waals surface area contributed by atoms with Crippen molar-refractivity contribution in [1.82, 2.24) is 15.5 Å². The van der Waals surface area contributed by atoms with Crippen molar-refractivity contribution in [2.75, 3.05) is 51.8 Å². The van der Waals surface area contributed by atoms with E-state index in [1.54, 1.807) is 19.0 Å². The Hall–Kier alpha value is -2.08. The minimum absolute atomic E-state index is 0. The molecule has 2 aliphatic rings. The number of aliphatic imine (C=N–C) groups is 1. The Bertz CT molecular complexity index is 735. The largest absolute Gasteiger partial charge is 0.447 e. The summed E-state index contributed by atoms with van der Waals surface area (Å²) in [7, 11) is 3.44. The van der Waals surface area contributed by atoms with Gasteiger partial charge >= 0.3 is 6.09 Å². The Morgan fingerprint density at radius 1 is 1.23 bits per heavy atom. The number of likely N-dealkylation sites (N-methyl/N-ethyl adjacent to an activating group) is 1. The standard InChI is InChI=1S/C20H29N5O4.HI/c1-24(2)18(26)14-23-19(22-13-17-4-3-10-28-17)21-12-15-5-7-16(8-6-15)25-9-11-29-20(25)27;/h5-8,17H,3-4,9-14H2,1-2H3,(H2,21,22,23);1H. The first-order valence-electron chi connectivity index (χ1n) is 9.90. The average Bonchev–Trinajstić information content (AvgIpc) is 3.39. The van der Waals surface area contributed by atoms with Crippen molar-refractivity contribution in [3.05, 3.63) is 29.8 Å². The van der Waals surface area contributed by atoms with Gasteiger partial charge < -0.3 is 25.0 Å². The van der Waals surface area contributed by atoms with Gasteiger partial charge in [-0.2, -0.15) is 0 Å². The molecule has 2 fully saturated rings. The predicted octanol–water partition coefficient (Wildman–Crippen LogP) is 1.56. The fourth-order valence-corrected chi connectivity index (χ4v) is 3.09. The van der Waals surface area contributed by atoms with Crippen molar-refractivity contribution in [2.45, 2.75) is 25.5 Å². The first-order chi connectivity index (χ1) is 14.0. The number of carbonyl (C=O) groups is 2. The summed E-state index contributed by atoms with van der Waals surface area (Å²) >= 11 is 0. The molecule has 3 rings (SSSR count). The molecule has 0 aliphatic carbocycles. The molecule has 0 bridgehead atoms. The zero-order valence-corrected chi connectivity index (χ0v) is 19.8. The molecule has 0 saturated carbocycles. The van der Waals surface area contributed by atoms with Crippen LogP contribution in [0.3, 0.4) is 0 Å². The van der Waals surface area contributed by atoms with E-state index in [4.69, 9.17) is 9.47 Å². The number of anilines is 1. The van der Waals surface area contributed by atoms with Gasteiger partial charge in [0.2, 0.25) is 5.91 Å². The number of halogens is 1. The van der Waals surface area contributed by atoms with E-state index in [0.717, 1.165) is 30.7 Å². The third-order valence-electron chi connectivity index (χ3n) is 4.86. The summed E-state index contributed by atoms with van der Waals surface area (Å²) in [4.78, 5) is 31.3. The van der Waals surface area contributed by atoms with Crippen LogP contribution in [0.2, 0.25) is 0 Å². The molecule has 9 nitrogen and oxygen atoms in total. The number of cyclic esters (lactones) is 1. The molecule has 1 aromatic carbocycles. The molecule has 2 heterocycles. The monoisotopic (exact) mass is 531 g/mol. The van der Waals surface area contributed by atoms with Gasteiger partial charge in [0, 0.05) is 32.9 Å². The molecular weight excluding hydrogens is 501 g/mol. The highest BCUT2D eigenvalue weighted by atomic mass is 127. The molecule has 1 unspecified atom stereocenters. The van der Waals surface area contributed by atoms with Gasteiger partial charge in [-0.1, -0.05) is 12.1 Å². The molecule has 166 valence electrons. The van der Waals surface area contributed by atoms with E-state index in [1.165, 1.54) is 4.90 Å². The van der Waals surface area contributed by atoms with Crippen LogP contribution in [0.25, 0.3) is 0 Å². The van der Waals surface area contributed by atoms with E-state index >= 15 is 0 Å². The summed E-state index contributed by atoms with van der Waals surface area (Å²) in [5.74, 6) is 0.543. The summed E-state index contributed by atoms with van der Waals surface area (Å²) in [5.41, 5.74) is 1.81. The van der Waals surface area contributed by atoms with Crippen molar-refractivity contribution < 1.29 is 19.1 Å². The van der Waals surface area contributed by atoms with Crippen LogP contribution >= 0.6 is 24.0 Å². The van der Waals surface area contributed by atoms with Crippen LogP contribution in [0.1, 0.15) is 18.4 Å². The quantitative estimate of drug-likeness (QED) is 0.315. The van der Waals surface area contributed by atoms with Crippen molar-refractivity contribution >= 4 is 47.6 Å². The topological polar surface area (TPSA) is 95.5 Å². The molecule has 1 aromatic rings. The number of guanidine groups is 1. The van der Waals surface area contributed by atoms with E-state index in [1.807, 2.05) is 24.3 Å². The number of nitrogens with zero attached hydrogens (tertiary/aromatic N) is 3. The summed E-state index contributed by atoms with van der Waals surface area (Å²) in [6.45, 7) is 3.04. The lowest BCUT2D eigenvalue weighted by atomic mass is 10.2. The van der Waals surface area contributed by atoms with Gasteiger partial charge in [0.15, 0.2) is 5.96 Å². The van der Waals surface area contributed by atoms with Gasteiger partial charge in [-0.25, -0.2) is 9.79 Å². The Morgan fingerprint density at radius 2 is 2.00 bits per heavy atom. The van der Waals surface area contributed by atoms with Gasteiger partial charge in [0.1, 0.15) is 6.61 Å². The third-order valence-corrected chi connectivity index (χ3v) is 4.86. The minimum atomic E-state index is -0.314. The normalized spacial score (nSPS) is 18.6. The number of carbonyl (C=O) groups excluding carboxylic acids is 2. The zero-order valence-electron chi connectivity index (χ0n) is 17.4. The molecule has 2 saturated heterocycles. The second kappa shape index (κ2) is 11.9. The first kappa shape index (κ1) is 24.2. The lowest BCUT2D eigenvalue weighted by Gasteiger charge is -2.17. The van der Waals surface area contributed by atoms with Crippen molar-refractivity contribution in [1.29, 1.82) is 0 Å². The Balaban J connectivity index is 0.00000320. The SMILES string of the molecule is CN(C)C(=O)CNC(=NCc1ccc(N2CCOC2=O)cc1)NCC1CCCO1.I.